The molecule has 2 aliphatic rings. The van der Waals surface area contributed by atoms with Gasteiger partial charge in [0, 0.05) is 37.5 Å². The first kappa shape index (κ1) is 24.2. The van der Waals surface area contributed by atoms with Gasteiger partial charge in [-0.3, -0.25) is 9.59 Å². The fraction of sp³-hybridized carbons (Fsp3) is 0.684. The summed E-state index contributed by atoms with van der Waals surface area (Å²) in [6.07, 6.45) is -10.00. The fourth-order valence-corrected chi connectivity index (χ4v) is 4.10. The molecule has 1 saturated heterocycles. The van der Waals surface area contributed by atoms with Crippen LogP contribution in [0.2, 0.25) is 0 Å². The van der Waals surface area contributed by atoms with Crippen LogP contribution in [-0.2, 0) is 34.9 Å². The van der Waals surface area contributed by atoms with Crippen LogP contribution in [-0.4, -0.2) is 45.8 Å². The molecule has 1 fully saturated rings. The topological polar surface area (TPSA) is 101 Å². The number of halogens is 6. The van der Waals surface area contributed by atoms with Gasteiger partial charge in [0.2, 0.25) is 17.6 Å². The number of nitrogens with two attached hydrogens (primary N) is 1. The maximum atomic E-state index is 13.3. The molecule has 3 atom stereocenters. The quantitative estimate of drug-likeness (QED) is 0.662. The molecular formula is C19H23F6N5O2. The smallest absolute Gasteiger partial charge is 0.356 e. The highest BCUT2D eigenvalue weighted by atomic mass is 19.4. The molecule has 2 amide bonds. The molecule has 7 nitrogen and oxygen atoms in total. The normalized spacial score (nSPS) is 22.9. The predicted molar refractivity (Wildman–Crippen MR) is 98.6 cm³/mol. The van der Waals surface area contributed by atoms with Gasteiger partial charge in [0.15, 0.2) is 5.69 Å². The number of hydrogen-bond acceptors (Lipinski definition) is 5. The number of carbonyl (C=O) groups excluding carboxylic acids is 2. The summed E-state index contributed by atoms with van der Waals surface area (Å²) in [5, 5.41) is 2.74. The Hall–Kier alpha value is -2.44. The van der Waals surface area contributed by atoms with Gasteiger partial charge in [-0.25, -0.2) is 9.97 Å². The van der Waals surface area contributed by atoms with Crippen molar-refractivity contribution in [1.29, 1.82) is 0 Å². The first-order valence-electron chi connectivity index (χ1n) is 10.1. The number of nitrogens with one attached hydrogen (secondary N) is 1. The maximum absolute atomic E-state index is 13.3. The maximum Gasteiger partial charge on any atom is 0.451 e. The van der Waals surface area contributed by atoms with Gasteiger partial charge in [-0.2, -0.15) is 26.3 Å². The van der Waals surface area contributed by atoms with E-state index in [-0.39, 0.29) is 43.6 Å². The summed E-state index contributed by atoms with van der Waals surface area (Å²) in [4.78, 5) is 31.4. The largest absolute Gasteiger partial charge is 0.451 e. The predicted octanol–water partition coefficient (Wildman–Crippen LogP) is 2.28. The van der Waals surface area contributed by atoms with E-state index in [2.05, 4.69) is 15.3 Å². The summed E-state index contributed by atoms with van der Waals surface area (Å²) < 4.78 is 78.9. The molecule has 0 spiro atoms. The van der Waals surface area contributed by atoms with Crippen LogP contribution >= 0.6 is 0 Å². The second-order valence-corrected chi connectivity index (χ2v) is 8.33. The zero-order valence-electron chi connectivity index (χ0n) is 17.2. The minimum atomic E-state index is -5.16. The first-order valence-corrected chi connectivity index (χ1v) is 10.1. The second kappa shape index (κ2) is 8.83. The molecule has 3 heterocycles. The van der Waals surface area contributed by atoms with E-state index in [0.717, 1.165) is 4.90 Å². The third kappa shape index (κ3) is 5.48. The van der Waals surface area contributed by atoms with Crippen LogP contribution in [0.1, 0.15) is 49.0 Å². The van der Waals surface area contributed by atoms with Crippen LogP contribution in [0.3, 0.4) is 0 Å². The number of aromatic nitrogens is 2. The van der Waals surface area contributed by atoms with E-state index < -0.39 is 53.6 Å². The summed E-state index contributed by atoms with van der Waals surface area (Å²) in [5.41, 5.74) is 3.56. The highest BCUT2D eigenvalue weighted by Gasteiger charge is 2.43. The van der Waals surface area contributed by atoms with Gasteiger partial charge in [0.05, 0.1) is 12.2 Å². The summed E-state index contributed by atoms with van der Waals surface area (Å²) in [6.45, 7) is 1.86. The minimum Gasteiger partial charge on any atom is -0.356 e. The Labute approximate surface area is 179 Å². The number of nitrogens with zero attached hydrogens (tertiary/aromatic N) is 3. The first-order chi connectivity index (χ1) is 14.8. The standard InChI is InChI=1S/C19H23F6N5O2/c1-9-7-27-14(31)5-10(9)4-11(26)6-15(32)30-3-2-12-13(8-30)28-17(19(23,24)25)29-16(12)18(20,21)22/h9-11H,2-8,26H2,1H3,(H,27,31)/t9-,10?,11-/m0/s1. The lowest BCUT2D eigenvalue weighted by Gasteiger charge is -2.32. The van der Waals surface area contributed by atoms with Gasteiger partial charge >= 0.3 is 12.4 Å². The zero-order chi connectivity index (χ0) is 23.8. The van der Waals surface area contributed by atoms with Crippen molar-refractivity contribution in [3.05, 3.63) is 22.8 Å². The molecule has 1 aromatic heterocycles. The molecule has 2 aliphatic heterocycles. The van der Waals surface area contributed by atoms with Crippen LogP contribution < -0.4 is 11.1 Å². The van der Waals surface area contributed by atoms with E-state index in [1.165, 1.54) is 0 Å². The van der Waals surface area contributed by atoms with E-state index in [0.29, 0.717) is 13.0 Å². The van der Waals surface area contributed by atoms with Crippen molar-refractivity contribution >= 4 is 11.8 Å². The van der Waals surface area contributed by atoms with Crippen molar-refractivity contribution in [3.63, 3.8) is 0 Å². The van der Waals surface area contributed by atoms with Gasteiger partial charge in [-0.05, 0) is 24.7 Å². The van der Waals surface area contributed by atoms with Gasteiger partial charge in [-0.1, -0.05) is 6.92 Å². The molecule has 0 bridgehead atoms. The number of fused-ring (bicyclic) bond motifs is 1. The van der Waals surface area contributed by atoms with Gasteiger partial charge in [0.25, 0.3) is 0 Å². The van der Waals surface area contributed by atoms with Gasteiger partial charge in [-0.15, -0.1) is 0 Å². The molecule has 32 heavy (non-hydrogen) atoms. The summed E-state index contributed by atoms with van der Waals surface area (Å²) in [5.74, 6) is -2.31. The minimum absolute atomic E-state index is 0.00920. The highest BCUT2D eigenvalue weighted by Crippen LogP contribution is 2.37. The van der Waals surface area contributed by atoms with Crippen molar-refractivity contribution in [2.75, 3.05) is 13.1 Å². The van der Waals surface area contributed by atoms with Crippen molar-refractivity contribution in [2.45, 2.75) is 57.5 Å². The Kier molecular flexibility index (Phi) is 6.68. The van der Waals surface area contributed by atoms with Crippen molar-refractivity contribution in [2.24, 2.45) is 17.6 Å². The Morgan fingerprint density at radius 3 is 2.53 bits per heavy atom. The molecule has 0 saturated carbocycles. The zero-order valence-corrected chi connectivity index (χ0v) is 17.2. The lowest BCUT2D eigenvalue weighted by atomic mass is 9.82. The van der Waals surface area contributed by atoms with Crippen molar-refractivity contribution in [3.8, 4) is 0 Å². The van der Waals surface area contributed by atoms with Crippen molar-refractivity contribution in [1.82, 2.24) is 20.2 Å². The SMILES string of the molecule is C[C@H]1CNC(=O)CC1C[C@H](N)CC(=O)N1CCc2c(nc(C(F)(F)F)nc2C(F)(F)F)C1. The lowest BCUT2D eigenvalue weighted by Crippen LogP contribution is -2.43. The van der Waals surface area contributed by atoms with E-state index in [1.54, 1.807) is 0 Å². The van der Waals surface area contributed by atoms with E-state index >= 15 is 0 Å². The van der Waals surface area contributed by atoms with Gasteiger partial charge in [0.1, 0.15) is 0 Å². The summed E-state index contributed by atoms with van der Waals surface area (Å²) >= 11 is 0. The summed E-state index contributed by atoms with van der Waals surface area (Å²) in [7, 11) is 0. The van der Waals surface area contributed by atoms with Crippen LogP contribution in [0.4, 0.5) is 26.3 Å². The molecule has 1 unspecified atom stereocenters. The van der Waals surface area contributed by atoms with Crippen LogP contribution in [0.15, 0.2) is 0 Å². The van der Waals surface area contributed by atoms with Crippen LogP contribution in [0.25, 0.3) is 0 Å². The molecule has 0 radical (unpaired) electrons. The number of amides is 2. The second-order valence-electron chi connectivity index (χ2n) is 8.33. The molecule has 3 N–H and O–H groups in total. The lowest BCUT2D eigenvalue weighted by molar-refractivity contribution is -0.153. The Balaban J connectivity index is 1.72. The number of hydrogen-bond donors (Lipinski definition) is 2. The molecule has 0 aromatic carbocycles. The number of piperidine rings is 1. The molecule has 0 aliphatic carbocycles. The molecular weight excluding hydrogens is 444 g/mol. The third-order valence-corrected chi connectivity index (χ3v) is 5.86. The van der Waals surface area contributed by atoms with Gasteiger partial charge < -0.3 is 16.0 Å². The third-order valence-electron chi connectivity index (χ3n) is 5.86. The van der Waals surface area contributed by atoms with Crippen molar-refractivity contribution < 1.29 is 35.9 Å². The number of rotatable bonds is 4. The summed E-state index contributed by atoms with van der Waals surface area (Å²) in [6, 6.07) is -0.593. The average Bonchev–Trinajstić information content (AvgIpc) is 2.67. The Morgan fingerprint density at radius 2 is 1.91 bits per heavy atom. The molecule has 1 aromatic rings. The van der Waals surface area contributed by atoms with E-state index in [9.17, 15) is 35.9 Å². The Bertz CT molecular complexity index is 888. The van der Waals surface area contributed by atoms with Crippen LogP contribution in [0.5, 0.6) is 0 Å². The Morgan fingerprint density at radius 1 is 1.22 bits per heavy atom. The highest BCUT2D eigenvalue weighted by molar-refractivity contribution is 5.78. The molecule has 13 heteroatoms. The fourth-order valence-electron chi connectivity index (χ4n) is 4.10. The van der Waals surface area contributed by atoms with E-state index in [4.69, 9.17) is 5.73 Å². The molecule has 178 valence electrons. The average molecular weight is 467 g/mol. The number of carbonyl (C=O) groups is 2. The monoisotopic (exact) mass is 467 g/mol. The van der Waals surface area contributed by atoms with Crippen LogP contribution in [0, 0.1) is 11.8 Å². The van der Waals surface area contributed by atoms with E-state index in [1.807, 2.05) is 6.92 Å². The molecule has 3 rings (SSSR count). The number of alkyl halides is 6.